The van der Waals surface area contributed by atoms with Crippen molar-refractivity contribution >= 4 is 0 Å². The highest BCUT2D eigenvalue weighted by molar-refractivity contribution is 5.28. The fraction of sp³-hybridized carbons (Fsp3) is 0.625. The van der Waals surface area contributed by atoms with Gasteiger partial charge in [0.15, 0.2) is 0 Å². The molecule has 1 atom stereocenters. The Morgan fingerprint density at radius 3 is 1.65 bits per heavy atom. The zero-order valence-electron chi connectivity index (χ0n) is 13.2. The van der Waals surface area contributed by atoms with E-state index in [9.17, 15) is 0 Å². The van der Waals surface area contributed by atoms with Crippen molar-refractivity contribution < 1.29 is 20.1 Å². The van der Waals surface area contributed by atoms with E-state index >= 15 is 0 Å². The molecule has 20 heavy (non-hydrogen) atoms. The van der Waals surface area contributed by atoms with Crippen LogP contribution in [-0.4, -0.2) is 35.6 Å². The molecule has 3 N–H and O–H groups in total. The largest absolute Gasteiger partial charge is 0.508 e. The Hall–Kier alpha value is -1.26. The normalized spacial score (nSPS) is 10.7. The molecule has 0 fully saturated rings. The van der Waals surface area contributed by atoms with Gasteiger partial charge in [0, 0.05) is 14.2 Å². The van der Waals surface area contributed by atoms with Crippen molar-refractivity contribution in [2.75, 3.05) is 14.2 Å². The molecule has 0 aromatic heterocycles. The Bertz CT molecular complexity index is 264. The standard InChI is InChI=1S/C8H18O.C6H6O2.C2H6O/c1-3-5-6-7-8(9)4-2;7-5-1-2-6(8)4-3-5;1-3-2/h8-9H,3-7H2,1-2H3;1-4,7-8H;1-2H3. The summed E-state index contributed by atoms with van der Waals surface area (Å²) in [6, 6.07) is 5.70. The number of unbranched alkanes of at least 4 members (excludes halogenated alkanes) is 2. The van der Waals surface area contributed by atoms with E-state index in [1.54, 1.807) is 14.2 Å². The summed E-state index contributed by atoms with van der Waals surface area (Å²) in [4.78, 5) is 0. The predicted molar refractivity (Wildman–Crippen MR) is 83.1 cm³/mol. The number of phenols is 2. The summed E-state index contributed by atoms with van der Waals surface area (Å²) in [6.07, 6.45) is 5.55. The molecule has 0 saturated carbocycles. The molecule has 0 spiro atoms. The smallest absolute Gasteiger partial charge is 0.115 e. The summed E-state index contributed by atoms with van der Waals surface area (Å²) in [5, 5.41) is 26.4. The second-order valence-corrected chi connectivity index (χ2v) is 4.48. The maximum absolute atomic E-state index is 9.08. The van der Waals surface area contributed by atoms with Gasteiger partial charge < -0.3 is 20.1 Å². The second kappa shape index (κ2) is 15.8. The third-order valence-electron chi connectivity index (χ3n) is 2.46. The van der Waals surface area contributed by atoms with E-state index in [0.29, 0.717) is 0 Å². The summed E-state index contributed by atoms with van der Waals surface area (Å²) in [6.45, 7) is 4.20. The summed E-state index contributed by atoms with van der Waals surface area (Å²) < 4.78 is 4.25. The SMILES string of the molecule is CCCCCC(O)CC.COC.Oc1ccc(O)cc1. The van der Waals surface area contributed by atoms with E-state index in [-0.39, 0.29) is 17.6 Å². The molecule has 1 aromatic carbocycles. The van der Waals surface area contributed by atoms with Crippen LogP contribution in [-0.2, 0) is 4.74 Å². The van der Waals surface area contributed by atoms with Crippen molar-refractivity contribution in [2.24, 2.45) is 0 Å². The van der Waals surface area contributed by atoms with Crippen LogP contribution in [0.25, 0.3) is 0 Å². The number of aliphatic hydroxyl groups excluding tert-OH is 1. The quantitative estimate of drug-likeness (QED) is 0.570. The topological polar surface area (TPSA) is 69.9 Å². The van der Waals surface area contributed by atoms with Crippen LogP contribution < -0.4 is 0 Å². The highest BCUT2D eigenvalue weighted by atomic mass is 16.4. The van der Waals surface area contributed by atoms with Crippen LogP contribution in [0.1, 0.15) is 46.0 Å². The summed E-state index contributed by atoms with van der Waals surface area (Å²) in [5.74, 6) is 0.339. The van der Waals surface area contributed by atoms with E-state index in [1.807, 2.05) is 6.92 Å². The third kappa shape index (κ3) is 16.7. The van der Waals surface area contributed by atoms with Crippen LogP contribution in [0.15, 0.2) is 24.3 Å². The van der Waals surface area contributed by atoms with Crippen LogP contribution >= 0.6 is 0 Å². The Labute approximate surface area is 123 Å². The fourth-order valence-electron chi connectivity index (χ4n) is 1.29. The minimum absolute atomic E-state index is 0.0449. The number of ether oxygens (including phenoxy) is 1. The van der Waals surface area contributed by atoms with E-state index in [1.165, 1.54) is 43.5 Å². The summed E-state index contributed by atoms with van der Waals surface area (Å²) in [7, 11) is 3.25. The van der Waals surface area contributed by atoms with Gasteiger partial charge in [-0.3, -0.25) is 0 Å². The van der Waals surface area contributed by atoms with E-state index in [0.717, 1.165) is 12.8 Å². The number of aromatic hydroxyl groups is 2. The molecular weight excluding hydrogens is 256 g/mol. The first-order chi connectivity index (χ1) is 9.51. The minimum atomic E-state index is -0.0449. The fourth-order valence-corrected chi connectivity index (χ4v) is 1.29. The lowest BCUT2D eigenvalue weighted by Crippen LogP contribution is -2.02. The molecule has 0 saturated heterocycles. The zero-order valence-corrected chi connectivity index (χ0v) is 13.2. The van der Waals surface area contributed by atoms with Crippen molar-refractivity contribution in [3.8, 4) is 11.5 Å². The first-order valence-electron chi connectivity index (χ1n) is 7.07. The maximum Gasteiger partial charge on any atom is 0.115 e. The van der Waals surface area contributed by atoms with Crippen LogP contribution in [0.3, 0.4) is 0 Å². The van der Waals surface area contributed by atoms with E-state index in [4.69, 9.17) is 15.3 Å². The first-order valence-corrected chi connectivity index (χ1v) is 7.07. The lowest BCUT2D eigenvalue weighted by molar-refractivity contribution is 0.156. The number of aliphatic hydroxyl groups is 1. The highest BCUT2D eigenvalue weighted by Gasteiger charge is 1.97. The lowest BCUT2D eigenvalue weighted by Gasteiger charge is -2.04. The lowest BCUT2D eigenvalue weighted by atomic mass is 10.1. The molecule has 0 aliphatic rings. The molecule has 1 unspecified atom stereocenters. The van der Waals surface area contributed by atoms with Crippen molar-refractivity contribution in [3.05, 3.63) is 24.3 Å². The van der Waals surface area contributed by atoms with Gasteiger partial charge in [-0.2, -0.15) is 0 Å². The highest BCUT2D eigenvalue weighted by Crippen LogP contribution is 2.13. The molecule has 4 nitrogen and oxygen atoms in total. The predicted octanol–water partition coefficient (Wildman–Crippen LogP) is 3.70. The molecule has 4 heteroatoms. The Kier molecular flexibility index (Phi) is 16.6. The average molecular weight is 286 g/mol. The Morgan fingerprint density at radius 1 is 0.950 bits per heavy atom. The van der Waals surface area contributed by atoms with Gasteiger partial charge in [-0.25, -0.2) is 0 Å². The Balaban J connectivity index is 0. The molecule has 0 heterocycles. The van der Waals surface area contributed by atoms with Gasteiger partial charge in [0.2, 0.25) is 0 Å². The summed E-state index contributed by atoms with van der Waals surface area (Å²) >= 11 is 0. The van der Waals surface area contributed by atoms with Crippen LogP contribution in [0.5, 0.6) is 11.5 Å². The number of hydrogen-bond donors (Lipinski definition) is 3. The van der Waals surface area contributed by atoms with Crippen LogP contribution in [0, 0.1) is 0 Å². The minimum Gasteiger partial charge on any atom is -0.508 e. The maximum atomic E-state index is 9.08. The number of rotatable bonds is 5. The number of benzene rings is 1. The zero-order chi connectivity index (χ0) is 15.8. The molecule has 118 valence electrons. The van der Waals surface area contributed by atoms with Gasteiger partial charge in [0.1, 0.15) is 11.5 Å². The van der Waals surface area contributed by atoms with E-state index < -0.39 is 0 Å². The molecule has 0 radical (unpaired) electrons. The first kappa shape index (κ1) is 21.0. The van der Waals surface area contributed by atoms with Crippen LogP contribution in [0.4, 0.5) is 0 Å². The monoisotopic (exact) mass is 286 g/mol. The molecule has 1 rings (SSSR count). The molecule has 0 aliphatic carbocycles. The Morgan fingerprint density at radius 2 is 1.35 bits per heavy atom. The second-order valence-electron chi connectivity index (χ2n) is 4.48. The van der Waals surface area contributed by atoms with Gasteiger partial charge in [0.05, 0.1) is 6.10 Å². The molecule has 0 amide bonds. The number of methoxy groups -OCH3 is 1. The van der Waals surface area contributed by atoms with E-state index in [2.05, 4.69) is 11.7 Å². The van der Waals surface area contributed by atoms with Gasteiger partial charge in [-0.1, -0.05) is 33.1 Å². The number of hydrogen-bond acceptors (Lipinski definition) is 4. The van der Waals surface area contributed by atoms with Gasteiger partial charge in [0.25, 0.3) is 0 Å². The number of phenolic OH excluding ortho intramolecular Hbond substituents is 2. The molecular formula is C16H30O4. The van der Waals surface area contributed by atoms with Gasteiger partial charge in [-0.15, -0.1) is 0 Å². The van der Waals surface area contributed by atoms with Crippen molar-refractivity contribution in [1.29, 1.82) is 0 Å². The van der Waals surface area contributed by atoms with Crippen molar-refractivity contribution in [1.82, 2.24) is 0 Å². The van der Waals surface area contributed by atoms with Gasteiger partial charge >= 0.3 is 0 Å². The van der Waals surface area contributed by atoms with Crippen LogP contribution in [0.2, 0.25) is 0 Å². The average Bonchev–Trinajstić information content (AvgIpc) is 2.44. The third-order valence-corrected chi connectivity index (χ3v) is 2.46. The molecule has 1 aromatic rings. The molecule has 0 aliphatic heterocycles. The van der Waals surface area contributed by atoms with Gasteiger partial charge in [-0.05, 0) is 37.1 Å². The molecule has 0 bridgehead atoms. The summed E-state index contributed by atoms with van der Waals surface area (Å²) in [5.41, 5.74) is 0. The van der Waals surface area contributed by atoms with Crippen molar-refractivity contribution in [3.63, 3.8) is 0 Å². The van der Waals surface area contributed by atoms with Crippen molar-refractivity contribution in [2.45, 2.75) is 52.1 Å².